The van der Waals surface area contributed by atoms with E-state index < -0.39 is 0 Å². The van der Waals surface area contributed by atoms with Crippen LogP contribution in [0.5, 0.6) is 0 Å². The van der Waals surface area contributed by atoms with Crippen molar-refractivity contribution in [2.45, 2.75) is 41.6 Å². The Kier molecular flexibility index (Phi) is 2.64. The van der Waals surface area contributed by atoms with Crippen molar-refractivity contribution in [1.82, 2.24) is 5.32 Å². The Balaban J connectivity index is 1.94. The summed E-state index contributed by atoms with van der Waals surface area (Å²) >= 11 is 4.21. The monoisotopic (exact) mass is 203 g/mol. The quantitative estimate of drug-likeness (QED) is 0.740. The van der Waals surface area contributed by atoms with E-state index in [1.807, 2.05) is 0 Å². The maximum absolute atomic E-state index is 3.65. The lowest BCUT2D eigenvalue weighted by atomic mass is 10.3. The summed E-state index contributed by atoms with van der Waals surface area (Å²) in [5.41, 5.74) is 0. The van der Waals surface area contributed by atoms with Crippen molar-refractivity contribution in [3.8, 4) is 0 Å². The molecular formula is C9H17NS2. The van der Waals surface area contributed by atoms with Crippen molar-refractivity contribution in [3.05, 3.63) is 0 Å². The second-order valence-corrected chi connectivity index (χ2v) is 6.61. The summed E-state index contributed by atoms with van der Waals surface area (Å²) in [5.74, 6) is 0. The van der Waals surface area contributed by atoms with Gasteiger partial charge >= 0.3 is 0 Å². The van der Waals surface area contributed by atoms with E-state index in [9.17, 15) is 0 Å². The molecule has 0 aromatic carbocycles. The second kappa shape index (κ2) is 3.43. The molecule has 0 aromatic heterocycles. The molecule has 1 saturated carbocycles. The second-order valence-electron chi connectivity index (χ2n) is 3.84. The molecule has 12 heavy (non-hydrogen) atoms. The Morgan fingerprint density at radius 1 is 1.50 bits per heavy atom. The zero-order chi connectivity index (χ0) is 8.60. The summed E-state index contributed by atoms with van der Waals surface area (Å²) in [6.45, 7) is 3.58. The largest absolute Gasteiger partial charge is 0.304 e. The molecule has 2 aliphatic rings. The van der Waals surface area contributed by atoms with Gasteiger partial charge in [0.05, 0.1) is 5.37 Å². The highest BCUT2D eigenvalue weighted by molar-refractivity contribution is 8.04. The van der Waals surface area contributed by atoms with Crippen LogP contribution in [0.15, 0.2) is 0 Å². The SMILES string of the molecule is CSC1(C2NCCC(C)S2)CC1. The van der Waals surface area contributed by atoms with Gasteiger partial charge in [0.1, 0.15) is 0 Å². The number of thioether (sulfide) groups is 2. The van der Waals surface area contributed by atoms with Crippen LogP contribution in [-0.4, -0.2) is 28.2 Å². The Labute approximate surface area is 83.4 Å². The zero-order valence-corrected chi connectivity index (χ0v) is 9.43. The van der Waals surface area contributed by atoms with Crippen molar-refractivity contribution in [1.29, 1.82) is 0 Å². The molecule has 0 aromatic rings. The first-order valence-electron chi connectivity index (χ1n) is 4.71. The lowest BCUT2D eigenvalue weighted by Gasteiger charge is -2.33. The van der Waals surface area contributed by atoms with E-state index in [0.717, 1.165) is 10.6 Å². The summed E-state index contributed by atoms with van der Waals surface area (Å²) in [6, 6.07) is 0. The smallest absolute Gasteiger partial charge is 0.0683 e. The van der Waals surface area contributed by atoms with E-state index in [-0.39, 0.29) is 0 Å². The van der Waals surface area contributed by atoms with Crippen molar-refractivity contribution < 1.29 is 0 Å². The lowest BCUT2D eigenvalue weighted by molar-refractivity contribution is 0.568. The van der Waals surface area contributed by atoms with E-state index in [4.69, 9.17) is 0 Å². The van der Waals surface area contributed by atoms with Crippen LogP contribution < -0.4 is 5.32 Å². The first-order valence-corrected chi connectivity index (χ1v) is 6.87. The third-order valence-corrected chi connectivity index (χ3v) is 6.07. The molecule has 1 N–H and O–H groups in total. The summed E-state index contributed by atoms with van der Waals surface area (Å²) < 4.78 is 0.610. The van der Waals surface area contributed by atoms with E-state index in [0.29, 0.717) is 4.75 Å². The van der Waals surface area contributed by atoms with Crippen molar-refractivity contribution in [2.75, 3.05) is 12.8 Å². The standard InChI is InChI=1S/C9H17NS2/c1-7-3-6-10-8(12-7)9(11-2)4-5-9/h7-8,10H,3-6H2,1-2H3. The predicted octanol–water partition coefficient (Wildman–Crippen LogP) is 2.32. The van der Waals surface area contributed by atoms with Gasteiger partial charge in [0.15, 0.2) is 0 Å². The molecule has 1 nitrogen and oxygen atoms in total. The maximum Gasteiger partial charge on any atom is 0.0683 e. The molecule has 0 spiro atoms. The van der Waals surface area contributed by atoms with E-state index in [1.54, 1.807) is 0 Å². The highest BCUT2D eigenvalue weighted by atomic mass is 32.2. The number of nitrogens with one attached hydrogen (secondary N) is 1. The third-order valence-electron chi connectivity index (χ3n) is 2.88. The molecule has 3 heteroatoms. The third kappa shape index (κ3) is 1.64. The van der Waals surface area contributed by atoms with Gasteiger partial charge in [0.25, 0.3) is 0 Å². The van der Waals surface area contributed by atoms with Gasteiger partial charge in [-0.1, -0.05) is 6.92 Å². The van der Waals surface area contributed by atoms with Crippen LogP contribution in [0.3, 0.4) is 0 Å². The van der Waals surface area contributed by atoms with Crippen LogP contribution in [0.25, 0.3) is 0 Å². The lowest BCUT2D eigenvalue weighted by Crippen LogP contribution is -2.42. The van der Waals surface area contributed by atoms with Gasteiger partial charge in [-0.3, -0.25) is 0 Å². The minimum Gasteiger partial charge on any atom is -0.304 e. The number of hydrogen-bond donors (Lipinski definition) is 1. The van der Waals surface area contributed by atoms with Crippen LogP contribution in [0.4, 0.5) is 0 Å². The Morgan fingerprint density at radius 3 is 2.75 bits per heavy atom. The van der Waals surface area contributed by atoms with Crippen LogP contribution in [0, 0.1) is 0 Å². The van der Waals surface area contributed by atoms with Crippen molar-refractivity contribution in [2.24, 2.45) is 0 Å². The van der Waals surface area contributed by atoms with Gasteiger partial charge in [-0.05, 0) is 32.1 Å². The van der Waals surface area contributed by atoms with Gasteiger partial charge in [-0.25, -0.2) is 0 Å². The summed E-state index contributed by atoms with van der Waals surface area (Å²) in [5, 5.41) is 5.24. The molecule has 2 atom stereocenters. The van der Waals surface area contributed by atoms with Crippen molar-refractivity contribution >= 4 is 23.5 Å². The van der Waals surface area contributed by atoms with Crippen LogP contribution in [-0.2, 0) is 0 Å². The zero-order valence-electron chi connectivity index (χ0n) is 7.80. The molecule has 1 aliphatic carbocycles. The molecule has 1 heterocycles. The molecule has 2 fully saturated rings. The minimum atomic E-state index is 0.610. The summed E-state index contributed by atoms with van der Waals surface area (Å²) in [6.07, 6.45) is 6.44. The Bertz CT molecular complexity index is 168. The fraction of sp³-hybridized carbons (Fsp3) is 1.00. The molecule has 1 saturated heterocycles. The maximum atomic E-state index is 3.65. The van der Waals surface area contributed by atoms with Crippen LogP contribution in [0.1, 0.15) is 26.2 Å². The molecule has 0 amide bonds. The highest BCUT2D eigenvalue weighted by Crippen LogP contribution is 2.54. The first kappa shape index (κ1) is 9.22. The molecular weight excluding hydrogens is 186 g/mol. The van der Waals surface area contributed by atoms with Gasteiger partial charge in [-0.15, -0.1) is 11.8 Å². The summed E-state index contributed by atoms with van der Waals surface area (Å²) in [4.78, 5) is 0. The van der Waals surface area contributed by atoms with Crippen molar-refractivity contribution in [3.63, 3.8) is 0 Å². The van der Waals surface area contributed by atoms with Gasteiger partial charge in [0.2, 0.25) is 0 Å². The molecule has 0 radical (unpaired) electrons. The molecule has 0 bridgehead atoms. The molecule has 70 valence electrons. The predicted molar refractivity (Wildman–Crippen MR) is 58.9 cm³/mol. The Hall–Kier alpha value is 0.660. The molecule has 2 unspecified atom stereocenters. The number of hydrogen-bond acceptors (Lipinski definition) is 3. The average Bonchev–Trinajstić information content (AvgIpc) is 2.84. The van der Waals surface area contributed by atoms with Gasteiger partial charge in [-0.2, -0.15) is 11.8 Å². The highest BCUT2D eigenvalue weighted by Gasteiger charge is 2.50. The molecule has 2 rings (SSSR count). The average molecular weight is 203 g/mol. The molecule has 1 aliphatic heterocycles. The normalized spacial score (nSPS) is 39.5. The van der Waals surface area contributed by atoms with E-state index >= 15 is 0 Å². The fourth-order valence-corrected chi connectivity index (χ4v) is 4.45. The summed E-state index contributed by atoms with van der Waals surface area (Å²) in [7, 11) is 0. The minimum absolute atomic E-state index is 0.610. The Morgan fingerprint density at radius 2 is 2.25 bits per heavy atom. The van der Waals surface area contributed by atoms with E-state index in [2.05, 4.69) is 42.0 Å². The van der Waals surface area contributed by atoms with Crippen LogP contribution in [0.2, 0.25) is 0 Å². The van der Waals surface area contributed by atoms with E-state index in [1.165, 1.54) is 25.8 Å². The van der Waals surface area contributed by atoms with Gasteiger partial charge in [0, 0.05) is 10.00 Å². The fourth-order valence-electron chi connectivity index (χ4n) is 1.77. The van der Waals surface area contributed by atoms with Crippen LogP contribution >= 0.6 is 23.5 Å². The van der Waals surface area contributed by atoms with Gasteiger partial charge < -0.3 is 5.32 Å². The first-order chi connectivity index (χ1) is 5.77. The number of rotatable bonds is 2. The topological polar surface area (TPSA) is 12.0 Å².